The van der Waals surface area contributed by atoms with Crippen molar-refractivity contribution in [2.24, 2.45) is 11.8 Å². The summed E-state index contributed by atoms with van der Waals surface area (Å²) in [5, 5.41) is 0. The number of hydrogen-bond donors (Lipinski definition) is 0. The maximum absolute atomic E-state index is 12.5. The van der Waals surface area contributed by atoms with Crippen molar-refractivity contribution < 1.29 is 38.1 Å². The van der Waals surface area contributed by atoms with Gasteiger partial charge in [0.25, 0.3) is 0 Å². The molecule has 0 aliphatic heterocycles. The van der Waals surface area contributed by atoms with Crippen LogP contribution in [-0.4, -0.2) is 48.3 Å². The molecule has 0 N–H and O–H groups in total. The molecule has 32 heavy (non-hydrogen) atoms. The van der Waals surface area contributed by atoms with Crippen molar-refractivity contribution >= 4 is 23.9 Å². The molecular formula is C24H32O8. The molecule has 4 fully saturated rings. The smallest absolute Gasteiger partial charge is 0.333 e. The minimum Gasteiger partial charge on any atom is -0.462 e. The van der Waals surface area contributed by atoms with Crippen LogP contribution in [0.4, 0.5) is 0 Å². The van der Waals surface area contributed by atoms with Crippen LogP contribution >= 0.6 is 0 Å². The quantitative estimate of drug-likeness (QED) is 0.285. The Morgan fingerprint density at radius 2 is 1.12 bits per heavy atom. The fourth-order valence-corrected chi connectivity index (χ4v) is 5.62. The van der Waals surface area contributed by atoms with E-state index in [-0.39, 0.29) is 37.2 Å². The Morgan fingerprint density at radius 3 is 1.47 bits per heavy atom. The third-order valence-electron chi connectivity index (χ3n) is 6.39. The summed E-state index contributed by atoms with van der Waals surface area (Å²) in [6.45, 7) is 9.98. The Hall–Kier alpha value is -2.64. The topological polar surface area (TPSA) is 105 Å². The van der Waals surface area contributed by atoms with Crippen LogP contribution < -0.4 is 0 Å². The zero-order chi connectivity index (χ0) is 23.5. The van der Waals surface area contributed by atoms with Crippen molar-refractivity contribution in [3.63, 3.8) is 0 Å². The summed E-state index contributed by atoms with van der Waals surface area (Å²) in [6.07, 6.45) is 4.50. The number of carbonyl (C=O) groups excluding carboxylic acids is 4. The van der Waals surface area contributed by atoms with Gasteiger partial charge in [-0.25, -0.2) is 9.59 Å². The molecule has 0 spiro atoms. The van der Waals surface area contributed by atoms with Crippen molar-refractivity contribution in [1.82, 2.24) is 0 Å². The van der Waals surface area contributed by atoms with Crippen molar-refractivity contribution in [3.05, 3.63) is 24.3 Å². The number of hydrogen-bond acceptors (Lipinski definition) is 8. The van der Waals surface area contributed by atoms with E-state index < -0.39 is 35.1 Å². The largest absolute Gasteiger partial charge is 0.462 e. The maximum Gasteiger partial charge on any atom is 0.333 e. The highest BCUT2D eigenvalue weighted by Crippen LogP contribution is 2.60. The summed E-state index contributed by atoms with van der Waals surface area (Å²) in [5.74, 6) is -1.25. The van der Waals surface area contributed by atoms with Gasteiger partial charge in [0.1, 0.15) is 24.4 Å². The Kier molecular flexibility index (Phi) is 7.10. The molecule has 4 aliphatic carbocycles. The van der Waals surface area contributed by atoms with Gasteiger partial charge in [-0.3, -0.25) is 9.59 Å². The first kappa shape index (κ1) is 24.0. The molecule has 4 rings (SSSR count). The van der Waals surface area contributed by atoms with Crippen LogP contribution in [0.15, 0.2) is 24.3 Å². The van der Waals surface area contributed by atoms with E-state index in [4.69, 9.17) is 18.9 Å². The van der Waals surface area contributed by atoms with Crippen LogP contribution in [0.25, 0.3) is 0 Å². The number of carbonyl (C=O) groups is 4. The Balaban J connectivity index is 1.54. The van der Waals surface area contributed by atoms with Gasteiger partial charge in [0.15, 0.2) is 0 Å². The molecule has 176 valence electrons. The van der Waals surface area contributed by atoms with Crippen molar-refractivity contribution in [2.75, 3.05) is 13.2 Å². The van der Waals surface area contributed by atoms with E-state index >= 15 is 0 Å². The Labute approximate surface area is 188 Å². The highest BCUT2D eigenvalue weighted by atomic mass is 16.6. The van der Waals surface area contributed by atoms with E-state index in [0.717, 1.165) is 32.1 Å². The molecule has 0 aromatic heterocycles. The van der Waals surface area contributed by atoms with Crippen LogP contribution in [0.1, 0.15) is 65.2 Å². The van der Waals surface area contributed by atoms with E-state index in [1.54, 1.807) is 13.8 Å². The minimum absolute atomic E-state index is 0.0308. The average molecular weight is 449 g/mol. The number of ether oxygens (including phenoxy) is 4. The van der Waals surface area contributed by atoms with Gasteiger partial charge < -0.3 is 18.9 Å². The van der Waals surface area contributed by atoms with Crippen LogP contribution in [-0.2, 0) is 38.1 Å². The third kappa shape index (κ3) is 5.78. The van der Waals surface area contributed by atoms with Gasteiger partial charge in [-0.15, -0.1) is 0 Å². The van der Waals surface area contributed by atoms with Crippen molar-refractivity contribution in [3.8, 4) is 0 Å². The van der Waals surface area contributed by atoms with Gasteiger partial charge in [-0.1, -0.05) is 13.2 Å². The number of esters is 4. The maximum atomic E-state index is 12.5. The van der Waals surface area contributed by atoms with Crippen LogP contribution in [0.5, 0.6) is 0 Å². The summed E-state index contributed by atoms with van der Waals surface area (Å²) in [6, 6.07) is 0. The summed E-state index contributed by atoms with van der Waals surface area (Å²) in [4.78, 5) is 47.9. The first-order valence-electron chi connectivity index (χ1n) is 11.1. The SMILES string of the molecule is C=C(C)C(=O)OCCC(=O)OC12CC3CC(C1)CC(OC(=O)CCOC(=O)C(=C)C)(C3)C2. The fraction of sp³-hybridized carbons (Fsp3) is 0.667. The van der Waals surface area contributed by atoms with Crippen LogP contribution in [0.3, 0.4) is 0 Å². The molecule has 0 aromatic rings. The van der Waals surface area contributed by atoms with E-state index in [1.807, 2.05) is 0 Å². The van der Waals surface area contributed by atoms with Gasteiger partial charge in [0.05, 0.1) is 12.8 Å². The molecule has 0 atom stereocenters. The number of rotatable bonds is 10. The standard InChI is InChI=1S/C24H32O8/c1-15(2)21(27)29-7-5-19(25)31-23-10-17-9-18(11-23)13-24(12-17,14-23)32-20(26)6-8-30-22(28)16(3)4/h17-18H,1,3,5-14H2,2,4H3. The summed E-state index contributed by atoms with van der Waals surface area (Å²) in [5.41, 5.74) is -0.742. The fourth-order valence-electron chi connectivity index (χ4n) is 5.62. The van der Waals surface area contributed by atoms with Gasteiger partial charge in [0.2, 0.25) is 0 Å². The lowest BCUT2D eigenvalue weighted by molar-refractivity contribution is -0.231. The van der Waals surface area contributed by atoms with E-state index in [2.05, 4.69) is 13.2 Å². The predicted molar refractivity (Wildman–Crippen MR) is 113 cm³/mol. The monoisotopic (exact) mass is 448 g/mol. The molecule has 0 saturated heterocycles. The Bertz CT molecular complexity index is 748. The summed E-state index contributed by atoms with van der Waals surface area (Å²) >= 11 is 0. The first-order valence-corrected chi connectivity index (χ1v) is 11.1. The summed E-state index contributed by atoms with van der Waals surface area (Å²) in [7, 11) is 0. The lowest BCUT2D eigenvalue weighted by atomic mass is 9.52. The third-order valence-corrected chi connectivity index (χ3v) is 6.39. The molecule has 0 aromatic carbocycles. The van der Waals surface area contributed by atoms with E-state index in [0.29, 0.717) is 18.3 Å². The zero-order valence-electron chi connectivity index (χ0n) is 18.9. The molecule has 0 heterocycles. The Morgan fingerprint density at radius 1 is 0.750 bits per heavy atom. The normalized spacial score (nSPS) is 29.7. The van der Waals surface area contributed by atoms with Gasteiger partial charge in [-0.05, 0) is 57.8 Å². The molecule has 0 amide bonds. The lowest BCUT2D eigenvalue weighted by Crippen LogP contribution is -2.61. The molecule has 4 bridgehead atoms. The van der Waals surface area contributed by atoms with E-state index in [1.165, 1.54) is 0 Å². The molecule has 0 radical (unpaired) electrons. The van der Waals surface area contributed by atoms with Crippen LogP contribution in [0.2, 0.25) is 0 Å². The average Bonchev–Trinajstić information content (AvgIpc) is 2.65. The van der Waals surface area contributed by atoms with Crippen molar-refractivity contribution in [1.29, 1.82) is 0 Å². The second kappa shape index (κ2) is 9.46. The first-order chi connectivity index (χ1) is 15.0. The molecular weight excluding hydrogens is 416 g/mol. The van der Waals surface area contributed by atoms with Crippen LogP contribution in [0, 0.1) is 11.8 Å². The lowest BCUT2D eigenvalue weighted by Gasteiger charge is -2.60. The van der Waals surface area contributed by atoms with Gasteiger partial charge in [0, 0.05) is 17.6 Å². The molecule has 4 aliphatic rings. The zero-order valence-corrected chi connectivity index (χ0v) is 18.9. The minimum atomic E-state index is -0.647. The molecule has 8 nitrogen and oxygen atoms in total. The van der Waals surface area contributed by atoms with Gasteiger partial charge >= 0.3 is 23.9 Å². The second-order valence-corrected chi connectivity index (χ2v) is 9.61. The molecule has 4 saturated carbocycles. The highest BCUT2D eigenvalue weighted by molar-refractivity contribution is 5.87. The highest BCUT2D eigenvalue weighted by Gasteiger charge is 2.61. The van der Waals surface area contributed by atoms with Gasteiger partial charge in [-0.2, -0.15) is 0 Å². The molecule has 8 heteroatoms. The summed E-state index contributed by atoms with van der Waals surface area (Å²) < 4.78 is 21.8. The molecule has 0 unspecified atom stereocenters. The second-order valence-electron chi connectivity index (χ2n) is 9.61. The predicted octanol–water partition coefficient (Wildman–Crippen LogP) is 3.18. The van der Waals surface area contributed by atoms with Crippen molar-refractivity contribution in [2.45, 2.75) is 76.4 Å². The van der Waals surface area contributed by atoms with E-state index in [9.17, 15) is 19.2 Å².